The summed E-state index contributed by atoms with van der Waals surface area (Å²) in [5.74, 6) is 0.0183. The predicted molar refractivity (Wildman–Crippen MR) is 134 cm³/mol. The quantitative estimate of drug-likeness (QED) is 0.335. The number of aromatic nitrogens is 3. The zero-order chi connectivity index (χ0) is 24.6. The van der Waals surface area contributed by atoms with Crippen LogP contribution in [0.1, 0.15) is 23.9 Å². The van der Waals surface area contributed by atoms with Crippen molar-refractivity contribution in [3.8, 4) is 5.69 Å². The van der Waals surface area contributed by atoms with E-state index in [1.807, 2.05) is 65.2 Å². The Balaban J connectivity index is 1.49. The molecule has 0 fully saturated rings. The molecule has 1 heterocycles. The Kier molecular flexibility index (Phi) is 8.05. The highest BCUT2D eigenvalue weighted by atomic mass is 32.2. The number of hydrogen-bond acceptors (Lipinski definition) is 5. The van der Waals surface area contributed by atoms with Gasteiger partial charge in [-0.2, -0.15) is 0 Å². The van der Waals surface area contributed by atoms with Crippen LogP contribution in [0.3, 0.4) is 0 Å². The predicted octanol–water partition coefficient (Wildman–Crippen LogP) is 4.41. The van der Waals surface area contributed by atoms with E-state index in [0.717, 1.165) is 11.1 Å². The zero-order valence-electron chi connectivity index (χ0n) is 19.2. The molecule has 0 aliphatic carbocycles. The fourth-order valence-electron chi connectivity index (χ4n) is 3.65. The third-order valence-electron chi connectivity index (χ3n) is 5.43. The Morgan fingerprint density at radius 1 is 0.914 bits per heavy atom. The Bertz CT molecular complexity index is 1280. The van der Waals surface area contributed by atoms with Gasteiger partial charge in [-0.15, -0.1) is 10.2 Å². The molecular weight excluding hydrogens is 463 g/mol. The van der Waals surface area contributed by atoms with E-state index in [4.69, 9.17) is 0 Å². The zero-order valence-corrected chi connectivity index (χ0v) is 20.0. The van der Waals surface area contributed by atoms with Crippen LogP contribution in [0.4, 0.5) is 4.39 Å². The molecule has 0 saturated heterocycles. The van der Waals surface area contributed by atoms with Gasteiger partial charge in [-0.25, -0.2) is 4.39 Å². The van der Waals surface area contributed by atoms with Crippen molar-refractivity contribution in [3.63, 3.8) is 0 Å². The summed E-state index contributed by atoms with van der Waals surface area (Å²) in [5, 5.41) is 12.0. The van der Waals surface area contributed by atoms with Gasteiger partial charge < -0.3 is 5.32 Å². The second-order valence-electron chi connectivity index (χ2n) is 8.08. The van der Waals surface area contributed by atoms with Crippen LogP contribution in [0, 0.1) is 5.82 Å². The summed E-state index contributed by atoms with van der Waals surface area (Å²) >= 11 is 1.22. The van der Waals surface area contributed by atoms with Crippen LogP contribution in [0.25, 0.3) is 5.69 Å². The van der Waals surface area contributed by atoms with Gasteiger partial charge in [0, 0.05) is 12.1 Å². The number of amides is 1. The first kappa shape index (κ1) is 24.3. The number of carbonyl (C=O) groups is 2. The van der Waals surface area contributed by atoms with Crippen LogP contribution in [-0.2, 0) is 22.4 Å². The lowest BCUT2D eigenvalue weighted by molar-refractivity contribution is -0.125. The van der Waals surface area contributed by atoms with Gasteiger partial charge in [0.25, 0.3) is 0 Å². The molecular formula is C27H25FN4O2S. The summed E-state index contributed by atoms with van der Waals surface area (Å²) in [5.41, 5.74) is 2.74. The first-order chi connectivity index (χ1) is 17.0. The molecule has 0 spiro atoms. The van der Waals surface area contributed by atoms with Crippen molar-refractivity contribution in [1.82, 2.24) is 20.1 Å². The van der Waals surface area contributed by atoms with Gasteiger partial charge in [0.15, 0.2) is 10.9 Å². The van der Waals surface area contributed by atoms with Crippen LogP contribution in [0.15, 0.2) is 90.1 Å². The average Bonchev–Trinajstić information content (AvgIpc) is 3.26. The third kappa shape index (κ3) is 6.64. The number of thioether (sulfide) groups is 1. The summed E-state index contributed by atoms with van der Waals surface area (Å²) in [6.45, 7) is 1.47. The molecule has 1 atom stereocenters. The van der Waals surface area contributed by atoms with E-state index in [1.54, 1.807) is 12.1 Å². The standard InChI is InChI=1S/C27H25FN4O2S/c1-19(33)24(16-20-8-4-2-5-9-20)29-26(34)18-35-27-31-30-25(17-21-10-6-3-7-11-21)32(27)23-14-12-22(28)13-15-23/h2-15,24H,16-18H2,1H3,(H,29,34). The molecule has 1 unspecified atom stereocenters. The maximum Gasteiger partial charge on any atom is 0.231 e. The monoisotopic (exact) mass is 488 g/mol. The summed E-state index contributed by atoms with van der Waals surface area (Å²) in [6.07, 6.45) is 0.959. The number of rotatable bonds is 10. The lowest BCUT2D eigenvalue weighted by Crippen LogP contribution is -2.42. The lowest BCUT2D eigenvalue weighted by Gasteiger charge is -2.16. The van der Waals surface area contributed by atoms with Gasteiger partial charge in [0.2, 0.25) is 5.91 Å². The van der Waals surface area contributed by atoms with E-state index in [1.165, 1.54) is 30.8 Å². The van der Waals surface area contributed by atoms with Crippen LogP contribution < -0.4 is 5.32 Å². The minimum absolute atomic E-state index is 0.0588. The van der Waals surface area contributed by atoms with Gasteiger partial charge >= 0.3 is 0 Å². The Morgan fingerprint density at radius 3 is 2.17 bits per heavy atom. The van der Waals surface area contributed by atoms with Gasteiger partial charge in [-0.3, -0.25) is 14.2 Å². The molecule has 4 rings (SSSR count). The molecule has 0 aliphatic heterocycles. The molecule has 0 radical (unpaired) electrons. The average molecular weight is 489 g/mol. The van der Waals surface area contributed by atoms with Crippen molar-refractivity contribution < 1.29 is 14.0 Å². The first-order valence-electron chi connectivity index (χ1n) is 11.2. The SMILES string of the molecule is CC(=O)C(Cc1ccccc1)NC(=O)CSc1nnc(Cc2ccccc2)n1-c1ccc(F)cc1. The molecule has 178 valence electrons. The molecule has 1 N–H and O–H groups in total. The smallest absolute Gasteiger partial charge is 0.231 e. The summed E-state index contributed by atoms with van der Waals surface area (Å²) in [4.78, 5) is 24.8. The number of nitrogens with one attached hydrogen (secondary N) is 1. The molecule has 0 saturated carbocycles. The molecule has 1 aromatic heterocycles. The van der Waals surface area contributed by atoms with Crippen LogP contribution in [-0.4, -0.2) is 38.2 Å². The van der Waals surface area contributed by atoms with Crippen molar-refractivity contribution >= 4 is 23.5 Å². The van der Waals surface area contributed by atoms with Gasteiger partial charge in [-0.1, -0.05) is 72.4 Å². The van der Waals surface area contributed by atoms with E-state index in [-0.39, 0.29) is 23.3 Å². The first-order valence-corrected chi connectivity index (χ1v) is 12.2. The van der Waals surface area contributed by atoms with E-state index in [9.17, 15) is 14.0 Å². The maximum absolute atomic E-state index is 13.5. The van der Waals surface area contributed by atoms with E-state index in [2.05, 4.69) is 15.5 Å². The van der Waals surface area contributed by atoms with E-state index in [0.29, 0.717) is 29.5 Å². The Hall–Kier alpha value is -3.78. The lowest BCUT2D eigenvalue weighted by atomic mass is 10.0. The van der Waals surface area contributed by atoms with E-state index >= 15 is 0 Å². The molecule has 6 nitrogen and oxygen atoms in total. The number of halogens is 1. The highest BCUT2D eigenvalue weighted by molar-refractivity contribution is 7.99. The van der Waals surface area contributed by atoms with Crippen LogP contribution in [0.5, 0.6) is 0 Å². The summed E-state index contributed by atoms with van der Waals surface area (Å²) in [7, 11) is 0. The number of benzene rings is 3. The largest absolute Gasteiger partial charge is 0.345 e. The van der Waals surface area contributed by atoms with Crippen molar-refractivity contribution in [2.75, 3.05) is 5.75 Å². The number of hydrogen-bond donors (Lipinski definition) is 1. The van der Waals surface area contributed by atoms with Crippen LogP contribution >= 0.6 is 11.8 Å². The highest BCUT2D eigenvalue weighted by Crippen LogP contribution is 2.24. The van der Waals surface area contributed by atoms with Crippen molar-refractivity contribution in [3.05, 3.63) is 108 Å². The summed E-state index contributed by atoms with van der Waals surface area (Å²) in [6, 6.07) is 24.9. The van der Waals surface area contributed by atoms with Gasteiger partial charge in [0.05, 0.1) is 11.8 Å². The van der Waals surface area contributed by atoms with Crippen LogP contribution in [0.2, 0.25) is 0 Å². The normalized spacial score (nSPS) is 11.7. The topological polar surface area (TPSA) is 76.9 Å². The van der Waals surface area contributed by atoms with Gasteiger partial charge in [-0.05, 0) is 48.7 Å². The van der Waals surface area contributed by atoms with Crippen molar-refractivity contribution in [1.29, 1.82) is 0 Å². The second-order valence-corrected chi connectivity index (χ2v) is 9.02. The molecule has 3 aromatic carbocycles. The minimum atomic E-state index is -0.603. The molecule has 0 aliphatic rings. The van der Waals surface area contributed by atoms with Crippen molar-refractivity contribution in [2.24, 2.45) is 0 Å². The highest BCUT2D eigenvalue weighted by Gasteiger charge is 2.20. The fourth-order valence-corrected chi connectivity index (χ4v) is 4.43. The molecule has 1 amide bonds. The summed E-state index contributed by atoms with van der Waals surface area (Å²) < 4.78 is 15.4. The number of ketones is 1. The number of Topliss-reactive ketones (excluding diaryl/α,β-unsaturated/α-hetero) is 1. The Morgan fingerprint density at radius 2 is 1.54 bits per heavy atom. The molecule has 35 heavy (non-hydrogen) atoms. The maximum atomic E-state index is 13.5. The minimum Gasteiger partial charge on any atom is -0.345 e. The Labute approximate surface area is 207 Å². The number of nitrogens with zero attached hydrogens (tertiary/aromatic N) is 3. The second kappa shape index (κ2) is 11.6. The molecule has 8 heteroatoms. The fraction of sp³-hybridized carbons (Fsp3) is 0.185. The van der Waals surface area contributed by atoms with Gasteiger partial charge in [0.1, 0.15) is 11.6 Å². The van der Waals surface area contributed by atoms with E-state index < -0.39 is 6.04 Å². The third-order valence-corrected chi connectivity index (χ3v) is 6.36. The molecule has 0 bridgehead atoms. The molecule has 4 aromatic rings. The van der Waals surface area contributed by atoms with Crippen molar-refractivity contribution in [2.45, 2.75) is 31.0 Å². The number of carbonyl (C=O) groups excluding carboxylic acids is 2.